The van der Waals surface area contributed by atoms with E-state index in [1.807, 2.05) is 83.8 Å². The summed E-state index contributed by atoms with van der Waals surface area (Å²) in [6, 6.07) is 25.2. The van der Waals surface area contributed by atoms with Crippen molar-refractivity contribution in [1.29, 1.82) is 0 Å². The van der Waals surface area contributed by atoms with Crippen LogP contribution in [-0.4, -0.2) is 31.4 Å². The third kappa shape index (κ3) is 3.88. The van der Waals surface area contributed by atoms with Gasteiger partial charge in [-0.2, -0.15) is 0 Å². The molecular formula is C23H21N3O2. The lowest BCUT2D eigenvalue weighted by molar-refractivity contribution is -0.120. The number of carbonyl (C=O) groups is 2. The van der Waals surface area contributed by atoms with Gasteiger partial charge in [-0.05, 0) is 35.4 Å². The van der Waals surface area contributed by atoms with Gasteiger partial charge in [0, 0.05) is 18.7 Å². The molecule has 0 saturated carbocycles. The number of hydrogen-bond acceptors (Lipinski definition) is 3. The van der Waals surface area contributed by atoms with Crippen LogP contribution in [0.4, 0.5) is 11.4 Å². The zero-order valence-corrected chi connectivity index (χ0v) is 15.4. The van der Waals surface area contributed by atoms with Crippen LogP contribution in [0.2, 0.25) is 0 Å². The van der Waals surface area contributed by atoms with Crippen LogP contribution < -0.4 is 15.5 Å². The number of para-hydroxylation sites is 2. The van der Waals surface area contributed by atoms with Gasteiger partial charge in [0.25, 0.3) is 5.91 Å². The number of hydrogen-bond donors (Lipinski definition) is 2. The topological polar surface area (TPSA) is 61.4 Å². The zero-order chi connectivity index (χ0) is 19.3. The van der Waals surface area contributed by atoms with Crippen LogP contribution in [0, 0.1) is 0 Å². The molecule has 0 aromatic heterocycles. The average Bonchev–Trinajstić information content (AvgIpc) is 2.75. The Balaban J connectivity index is 1.52. The first-order chi connectivity index (χ1) is 13.7. The summed E-state index contributed by atoms with van der Waals surface area (Å²) < 4.78 is 0. The molecule has 0 radical (unpaired) electrons. The van der Waals surface area contributed by atoms with E-state index in [1.165, 1.54) is 0 Å². The summed E-state index contributed by atoms with van der Waals surface area (Å²) in [4.78, 5) is 26.4. The van der Waals surface area contributed by atoms with E-state index in [-0.39, 0.29) is 11.8 Å². The van der Waals surface area contributed by atoms with Gasteiger partial charge in [-0.1, -0.05) is 54.6 Å². The quantitative estimate of drug-likeness (QED) is 0.737. The Bertz CT molecular complexity index is 984. The van der Waals surface area contributed by atoms with Crippen LogP contribution in [0.5, 0.6) is 0 Å². The van der Waals surface area contributed by atoms with E-state index in [9.17, 15) is 9.59 Å². The molecule has 0 unspecified atom stereocenters. The number of rotatable bonds is 4. The summed E-state index contributed by atoms with van der Waals surface area (Å²) in [5.41, 5.74) is 4.33. The highest BCUT2D eigenvalue weighted by Gasteiger charge is 2.19. The molecule has 4 rings (SSSR count). The number of nitrogens with one attached hydrogen (secondary N) is 2. The molecular weight excluding hydrogens is 350 g/mol. The number of carbonyl (C=O) groups excluding carboxylic acids is 2. The van der Waals surface area contributed by atoms with Gasteiger partial charge in [0.2, 0.25) is 5.91 Å². The number of benzene rings is 3. The second-order valence-electron chi connectivity index (χ2n) is 6.69. The average molecular weight is 371 g/mol. The fourth-order valence-electron chi connectivity index (χ4n) is 3.34. The Morgan fingerprint density at radius 2 is 1.54 bits per heavy atom. The minimum Gasteiger partial charge on any atom is -0.359 e. The molecule has 0 atom stereocenters. The Morgan fingerprint density at radius 3 is 2.29 bits per heavy atom. The lowest BCUT2D eigenvalue weighted by Gasteiger charge is -2.30. The molecule has 140 valence electrons. The molecule has 1 aliphatic rings. The van der Waals surface area contributed by atoms with Crippen LogP contribution in [-0.2, 0) is 4.79 Å². The van der Waals surface area contributed by atoms with E-state index in [0.717, 1.165) is 16.8 Å². The van der Waals surface area contributed by atoms with Gasteiger partial charge < -0.3 is 15.5 Å². The maximum Gasteiger partial charge on any atom is 0.255 e. The lowest BCUT2D eigenvalue weighted by Crippen LogP contribution is -2.47. The standard InChI is InChI=1S/C23H21N3O2/c27-22-16-26(15-14-24-22)21-9-5-4-8-20(21)25-23(28)19-12-10-18(11-13-19)17-6-2-1-3-7-17/h1-13H,14-16H2,(H,24,27)(H,25,28). The van der Waals surface area contributed by atoms with Crippen molar-refractivity contribution >= 4 is 23.2 Å². The first-order valence-corrected chi connectivity index (χ1v) is 9.28. The summed E-state index contributed by atoms with van der Waals surface area (Å²) in [5.74, 6) is -0.183. The minimum absolute atomic E-state index is 0.0103. The zero-order valence-electron chi connectivity index (χ0n) is 15.4. The molecule has 3 aromatic carbocycles. The van der Waals surface area contributed by atoms with Gasteiger partial charge in [0.05, 0.1) is 17.9 Å². The van der Waals surface area contributed by atoms with Crippen molar-refractivity contribution in [2.75, 3.05) is 29.9 Å². The second kappa shape index (κ2) is 7.96. The van der Waals surface area contributed by atoms with E-state index in [4.69, 9.17) is 0 Å². The summed E-state index contributed by atoms with van der Waals surface area (Å²) in [6.45, 7) is 1.60. The molecule has 5 heteroatoms. The largest absolute Gasteiger partial charge is 0.359 e. The highest BCUT2D eigenvalue weighted by Crippen LogP contribution is 2.27. The third-order valence-electron chi connectivity index (χ3n) is 4.79. The van der Waals surface area contributed by atoms with E-state index >= 15 is 0 Å². The second-order valence-corrected chi connectivity index (χ2v) is 6.69. The first kappa shape index (κ1) is 17.8. The van der Waals surface area contributed by atoms with Crippen molar-refractivity contribution in [3.05, 3.63) is 84.4 Å². The van der Waals surface area contributed by atoms with Crippen molar-refractivity contribution < 1.29 is 9.59 Å². The highest BCUT2D eigenvalue weighted by atomic mass is 16.2. The molecule has 28 heavy (non-hydrogen) atoms. The van der Waals surface area contributed by atoms with E-state index in [2.05, 4.69) is 10.6 Å². The first-order valence-electron chi connectivity index (χ1n) is 9.28. The number of anilines is 2. The summed E-state index contributed by atoms with van der Waals surface area (Å²) in [5, 5.41) is 5.80. The smallest absolute Gasteiger partial charge is 0.255 e. The lowest BCUT2D eigenvalue weighted by atomic mass is 10.0. The Kier molecular flexibility index (Phi) is 5.06. The van der Waals surface area contributed by atoms with Gasteiger partial charge in [0.15, 0.2) is 0 Å². The molecule has 5 nitrogen and oxygen atoms in total. The van der Waals surface area contributed by atoms with Gasteiger partial charge in [-0.25, -0.2) is 0 Å². The predicted octanol–water partition coefficient (Wildman–Crippen LogP) is 3.54. The molecule has 1 fully saturated rings. The fourth-order valence-corrected chi connectivity index (χ4v) is 3.34. The van der Waals surface area contributed by atoms with Crippen LogP contribution in [0.3, 0.4) is 0 Å². The van der Waals surface area contributed by atoms with Crippen molar-refractivity contribution in [2.45, 2.75) is 0 Å². The van der Waals surface area contributed by atoms with Crippen LogP contribution in [0.1, 0.15) is 10.4 Å². The van der Waals surface area contributed by atoms with E-state index in [0.29, 0.717) is 30.9 Å². The third-order valence-corrected chi connectivity index (χ3v) is 4.79. The van der Waals surface area contributed by atoms with Gasteiger partial charge in [0.1, 0.15) is 0 Å². The van der Waals surface area contributed by atoms with Crippen molar-refractivity contribution in [3.8, 4) is 11.1 Å². The molecule has 1 heterocycles. The molecule has 0 spiro atoms. The minimum atomic E-state index is -0.173. The maximum atomic E-state index is 12.8. The fraction of sp³-hybridized carbons (Fsp3) is 0.130. The summed E-state index contributed by atoms with van der Waals surface area (Å²) >= 11 is 0. The highest BCUT2D eigenvalue weighted by molar-refractivity contribution is 6.06. The molecule has 1 aliphatic heterocycles. The molecule has 2 amide bonds. The Hall–Kier alpha value is -3.60. The van der Waals surface area contributed by atoms with Crippen LogP contribution in [0.15, 0.2) is 78.9 Å². The van der Waals surface area contributed by atoms with Crippen molar-refractivity contribution in [1.82, 2.24) is 5.32 Å². The van der Waals surface area contributed by atoms with Crippen molar-refractivity contribution in [3.63, 3.8) is 0 Å². The summed E-state index contributed by atoms with van der Waals surface area (Å²) in [7, 11) is 0. The molecule has 0 bridgehead atoms. The van der Waals surface area contributed by atoms with Gasteiger partial charge in [-0.15, -0.1) is 0 Å². The monoisotopic (exact) mass is 371 g/mol. The number of amides is 2. The van der Waals surface area contributed by atoms with Crippen LogP contribution >= 0.6 is 0 Å². The number of nitrogens with zero attached hydrogens (tertiary/aromatic N) is 1. The van der Waals surface area contributed by atoms with Crippen molar-refractivity contribution in [2.24, 2.45) is 0 Å². The maximum absolute atomic E-state index is 12.8. The molecule has 3 aromatic rings. The SMILES string of the molecule is O=C1CN(c2ccccc2NC(=O)c2ccc(-c3ccccc3)cc2)CCN1. The predicted molar refractivity (Wildman–Crippen MR) is 111 cm³/mol. The number of piperazine rings is 1. The summed E-state index contributed by atoms with van der Waals surface area (Å²) in [6.07, 6.45) is 0. The van der Waals surface area contributed by atoms with Gasteiger partial charge >= 0.3 is 0 Å². The van der Waals surface area contributed by atoms with E-state index < -0.39 is 0 Å². The Morgan fingerprint density at radius 1 is 0.857 bits per heavy atom. The molecule has 2 N–H and O–H groups in total. The van der Waals surface area contributed by atoms with E-state index in [1.54, 1.807) is 0 Å². The molecule has 0 aliphatic carbocycles. The normalized spacial score (nSPS) is 13.7. The van der Waals surface area contributed by atoms with Gasteiger partial charge in [-0.3, -0.25) is 9.59 Å². The molecule has 1 saturated heterocycles. The van der Waals surface area contributed by atoms with Crippen LogP contribution in [0.25, 0.3) is 11.1 Å². The Labute approximate surface area is 164 Å².